The predicted molar refractivity (Wildman–Crippen MR) is 97.7 cm³/mol. The van der Waals surface area contributed by atoms with Gasteiger partial charge in [-0.05, 0) is 32.6 Å². The van der Waals surface area contributed by atoms with Crippen LogP contribution in [-0.4, -0.2) is 41.4 Å². The Balaban J connectivity index is 1.82. The van der Waals surface area contributed by atoms with Crippen molar-refractivity contribution in [1.82, 2.24) is 14.4 Å². The molecule has 142 valence electrons. The van der Waals surface area contributed by atoms with Crippen molar-refractivity contribution in [2.24, 2.45) is 0 Å². The number of rotatable bonds is 5. The molecule has 26 heavy (non-hydrogen) atoms. The number of nitrogens with zero attached hydrogens (tertiary/aromatic N) is 3. The van der Waals surface area contributed by atoms with E-state index in [4.69, 9.17) is 4.52 Å². The van der Waals surface area contributed by atoms with Gasteiger partial charge in [0.1, 0.15) is 16.6 Å². The number of hydrogen-bond acceptors (Lipinski definition) is 7. The van der Waals surface area contributed by atoms with E-state index in [1.54, 1.807) is 13.8 Å². The topological polar surface area (TPSA) is 105 Å². The largest absolute Gasteiger partial charge is 0.360 e. The summed E-state index contributed by atoms with van der Waals surface area (Å²) in [5.74, 6) is 0.136. The summed E-state index contributed by atoms with van der Waals surface area (Å²) in [5, 5.41) is 8.86. The van der Waals surface area contributed by atoms with Gasteiger partial charge < -0.3 is 9.84 Å². The lowest BCUT2D eigenvalue weighted by Crippen LogP contribution is -2.43. The molecule has 0 spiro atoms. The van der Waals surface area contributed by atoms with Crippen molar-refractivity contribution in [3.05, 3.63) is 22.5 Å². The van der Waals surface area contributed by atoms with E-state index in [-0.39, 0.29) is 22.5 Å². The predicted octanol–water partition coefficient (Wildman–Crippen LogP) is 2.66. The molecule has 1 atom stereocenters. The molecule has 10 heteroatoms. The van der Waals surface area contributed by atoms with E-state index < -0.39 is 16.1 Å². The maximum absolute atomic E-state index is 13.0. The Bertz CT molecular complexity index is 897. The number of aromatic nitrogens is 2. The third kappa shape index (κ3) is 3.40. The summed E-state index contributed by atoms with van der Waals surface area (Å²) >= 11 is 1.34. The zero-order valence-electron chi connectivity index (χ0n) is 15.1. The van der Waals surface area contributed by atoms with Gasteiger partial charge in [-0.3, -0.25) is 4.79 Å². The average Bonchev–Trinajstić information content (AvgIpc) is 3.27. The number of nitrogens with one attached hydrogen (secondary N) is 1. The summed E-state index contributed by atoms with van der Waals surface area (Å²) in [6.07, 6.45) is 1.09. The summed E-state index contributed by atoms with van der Waals surface area (Å²) in [4.78, 5) is 17.1. The van der Waals surface area contributed by atoms with Crippen LogP contribution in [0.5, 0.6) is 0 Å². The second kappa shape index (κ2) is 7.09. The monoisotopic (exact) mass is 398 g/mol. The van der Waals surface area contributed by atoms with Crippen molar-refractivity contribution in [1.29, 1.82) is 0 Å². The van der Waals surface area contributed by atoms with Gasteiger partial charge in [-0.1, -0.05) is 19.0 Å². The number of carbonyl (C=O) groups is 1. The maximum Gasteiger partial charge on any atom is 0.249 e. The zero-order valence-corrected chi connectivity index (χ0v) is 16.8. The molecule has 0 saturated carbocycles. The molecule has 3 rings (SSSR count). The smallest absolute Gasteiger partial charge is 0.249 e. The minimum absolute atomic E-state index is 0.0496. The Morgan fingerprint density at radius 2 is 2.15 bits per heavy atom. The van der Waals surface area contributed by atoms with Crippen LogP contribution in [0.2, 0.25) is 0 Å². The van der Waals surface area contributed by atoms with E-state index in [1.165, 1.54) is 15.6 Å². The van der Waals surface area contributed by atoms with Crippen molar-refractivity contribution >= 4 is 32.4 Å². The molecule has 0 radical (unpaired) electrons. The molecule has 1 amide bonds. The van der Waals surface area contributed by atoms with E-state index in [9.17, 15) is 13.2 Å². The Hall–Kier alpha value is -1.78. The Morgan fingerprint density at radius 3 is 2.73 bits per heavy atom. The van der Waals surface area contributed by atoms with E-state index in [0.29, 0.717) is 30.2 Å². The van der Waals surface area contributed by atoms with Crippen LogP contribution in [0.15, 0.2) is 14.8 Å². The summed E-state index contributed by atoms with van der Waals surface area (Å²) < 4.78 is 32.3. The standard InChI is InChI=1S/C16H22N4O4S2/c1-9(2)12-8-25-16(17-12)18-15(21)13-6-5-7-20(13)26(22,23)14-10(3)19-24-11(14)4/h8-9,13H,5-7H2,1-4H3,(H,17,18,21)/t13-/m0/s1. The molecule has 3 heterocycles. The van der Waals surface area contributed by atoms with Crippen molar-refractivity contribution in [3.8, 4) is 0 Å². The first-order valence-electron chi connectivity index (χ1n) is 8.42. The highest BCUT2D eigenvalue weighted by Crippen LogP contribution is 2.30. The van der Waals surface area contributed by atoms with Gasteiger partial charge in [0.2, 0.25) is 15.9 Å². The number of aryl methyl sites for hydroxylation is 2. The van der Waals surface area contributed by atoms with E-state index in [0.717, 1.165) is 5.69 Å². The van der Waals surface area contributed by atoms with Crippen molar-refractivity contribution in [3.63, 3.8) is 0 Å². The van der Waals surface area contributed by atoms with Gasteiger partial charge in [-0.25, -0.2) is 13.4 Å². The molecule has 0 unspecified atom stereocenters. The molecule has 0 aromatic carbocycles. The molecule has 8 nitrogen and oxygen atoms in total. The molecule has 0 bridgehead atoms. The van der Waals surface area contributed by atoms with E-state index in [2.05, 4.69) is 15.5 Å². The third-order valence-corrected chi connectivity index (χ3v) is 7.31. The lowest BCUT2D eigenvalue weighted by atomic mass is 10.2. The highest BCUT2D eigenvalue weighted by molar-refractivity contribution is 7.89. The second-order valence-corrected chi connectivity index (χ2v) is 9.33. The van der Waals surface area contributed by atoms with Crippen molar-refractivity contribution in [2.75, 3.05) is 11.9 Å². The van der Waals surface area contributed by atoms with Gasteiger partial charge in [0, 0.05) is 11.9 Å². The maximum atomic E-state index is 13.0. The first-order chi connectivity index (χ1) is 12.2. The van der Waals surface area contributed by atoms with Crippen LogP contribution >= 0.6 is 11.3 Å². The molecular weight excluding hydrogens is 376 g/mol. The highest BCUT2D eigenvalue weighted by Gasteiger charge is 2.42. The summed E-state index contributed by atoms with van der Waals surface area (Å²) in [5.41, 5.74) is 1.20. The minimum Gasteiger partial charge on any atom is -0.360 e. The van der Waals surface area contributed by atoms with Gasteiger partial charge in [0.25, 0.3) is 0 Å². The highest BCUT2D eigenvalue weighted by atomic mass is 32.2. The Labute approximate surface area is 156 Å². The molecule has 1 aliphatic rings. The normalized spacial score (nSPS) is 18.6. The number of amides is 1. The molecule has 0 aliphatic carbocycles. The molecule has 1 fully saturated rings. The van der Waals surface area contributed by atoms with Gasteiger partial charge in [0.05, 0.1) is 5.69 Å². The fourth-order valence-electron chi connectivity index (χ4n) is 3.05. The molecule has 2 aromatic heterocycles. The van der Waals surface area contributed by atoms with Crippen LogP contribution in [0.3, 0.4) is 0 Å². The van der Waals surface area contributed by atoms with E-state index in [1.807, 2.05) is 19.2 Å². The molecule has 2 aromatic rings. The van der Waals surface area contributed by atoms with Gasteiger partial charge in [-0.2, -0.15) is 4.31 Å². The lowest BCUT2D eigenvalue weighted by Gasteiger charge is -2.22. The molecule has 1 N–H and O–H groups in total. The first kappa shape index (κ1) is 19.0. The number of hydrogen-bond donors (Lipinski definition) is 1. The van der Waals surface area contributed by atoms with Crippen molar-refractivity contribution < 1.29 is 17.7 Å². The van der Waals surface area contributed by atoms with Crippen LogP contribution in [0, 0.1) is 13.8 Å². The fourth-order valence-corrected chi connectivity index (χ4v) is 5.87. The fraction of sp³-hybridized carbons (Fsp3) is 0.562. The zero-order chi connectivity index (χ0) is 19.1. The summed E-state index contributed by atoms with van der Waals surface area (Å²) in [6.45, 7) is 7.48. The van der Waals surface area contributed by atoms with E-state index >= 15 is 0 Å². The quantitative estimate of drug-likeness (QED) is 0.830. The molecular formula is C16H22N4O4S2. The SMILES string of the molecule is Cc1noc(C)c1S(=O)(=O)N1CCC[C@H]1C(=O)Nc1nc(C(C)C)cs1. The Kier molecular flexibility index (Phi) is 5.18. The number of anilines is 1. The third-order valence-electron chi connectivity index (χ3n) is 4.38. The van der Waals surface area contributed by atoms with Gasteiger partial charge >= 0.3 is 0 Å². The number of thiazole rings is 1. The van der Waals surface area contributed by atoms with Gasteiger partial charge in [0.15, 0.2) is 10.9 Å². The van der Waals surface area contributed by atoms with Crippen molar-refractivity contribution in [2.45, 2.75) is 57.4 Å². The van der Waals surface area contributed by atoms with Crippen LogP contribution in [0.1, 0.15) is 49.8 Å². The van der Waals surface area contributed by atoms with Crippen LogP contribution in [0.25, 0.3) is 0 Å². The average molecular weight is 399 g/mol. The molecule has 1 aliphatic heterocycles. The van der Waals surface area contributed by atoms with Gasteiger partial charge in [-0.15, -0.1) is 11.3 Å². The van der Waals surface area contributed by atoms with Crippen LogP contribution in [0.4, 0.5) is 5.13 Å². The Morgan fingerprint density at radius 1 is 1.42 bits per heavy atom. The van der Waals surface area contributed by atoms with Crippen LogP contribution < -0.4 is 5.32 Å². The molecule has 1 saturated heterocycles. The summed E-state index contributed by atoms with van der Waals surface area (Å²) in [7, 11) is -3.85. The number of carbonyl (C=O) groups excluding carboxylic acids is 1. The minimum atomic E-state index is -3.85. The number of sulfonamides is 1. The first-order valence-corrected chi connectivity index (χ1v) is 10.7. The lowest BCUT2D eigenvalue weighted by molar-refractivity contribution is -0.119. The second-order valence-electron chi connectivity index (χ2n) is 6.65. The summed E-state index contributed by atoms with van der Waals surface area (Å²) in [6, 6.07) is -0.764. The van der Waals surface area contributed by atoms with Crippen LogP contribution in [-0.2, 0) is 14.8 Å².